The van der Waals surface area contributed by atoms with E-state index in [1.165, 1.54) is 24.8 Å². The number of carbonyl (C=O) groups is 1. The van der Waals surface area contributed by atoms with E-state index in [0.717, 1.165) is 0 Å². The molecular formula is C12H15ClO4S. The summed E-state index contributed by atoms with van der Waals surface area (Å²) in [6.45, 7) is 1.06. The molecule has 0 heterocycles. The molecule has 18 heavy (non-hydrogen) atoms. The highest BCUT2D eigenvalue weighted by atomic mass is 35.5. The second-order valence-corrected chi connectivity index (χ2v) is 5.34. The first-order valence-electron chi connectivity index (χ1n) is 5.34. The van der Waals surface area contributed by atoms with Crippen LogP contribution in [0.25, 0.3) is 0 Å². The Morgan fingerprint density at radius 3 is 2.72 bits per heavy atom. The quantitative estimate of drug-likeness (QED) is 0.697. The molecule has 1 aromatic carbocycles. The maximum absolute atomic E-state index is 11.3. The van der Waals surface area contributed by atoms with Gasteiger partial charge in [-0.3, -0.25) is 4.79 Å². The number of hydrogen-bond acceptors (Lipinski definition) is 5. The lowest BCUT2D eigenvalue weighted by atomic mass is 10.1. The molecule has 0 saturated carbocycles. The van der Waals surface area contributed by atoms with Crippen molar-refractivity contribution in [2.45, 2.75) is 18.8 Å². The number of thioether (sulfide) groups is 1. The van der Waals surface area contributed by atoms with Gasteiger partial charge in [0.05, 0.1) is 18.3 Å². The molecule has 4 nitrogen and oxygen atoms in total. The van der Waals surface area contributed by atoms with E-state index in [4.69, 9.17) is 16.7 Å². The third kappa shape index (κ3) is 4.17. The van der Waals surface area contributed by atoms with Gasteiger partial charge in [0.1, 0.15) is 5.75 Å². The van der Waals surface area contributed by atoms with Crippen molar-refractivity contribution < 1.29 is 20.1 Å². The lowest BCUT2D eigenvalue weighted by Gasteiger charge is -2.10. The Bertz CT molecular complexity index is 436. The predicted octanol–water partition coefficient (Wildman–Crippen LogP) is 1.83. The van der Waals surface area contributed by atoms with Gasteiger partial charge in [0.25, 0.3) is 0 Å². The number of aliphatic hydroxyl groups excluding tert-OH is 2. The van der Waals surface area contributed by atoms with Gasteiger partial charge in [-0.2, -0.15) is 11.8 Å². The lowest BCUT2D eigenvalue weighted by Crippen LogP contribution is -2.14. The van der Waals surface area contributed by atoms with Crippen LogP contribution in [-0.4, -0.2) is 39.6 Å². The van der Waals surface area contributed by atoms with Crippen LogP contribution in [0.1, 0.15) is 22.8 Å². The highest BCUT2D eigenvalue weighted by molar-refractivity contribution is 7.98. The Balaban J connectivity index is 2.79. The summed E-state index contributed by atoms with van der Waals surface area (Å²) in [6.07, 6.45) is -0.788. The minimum Gasteiger partial charge on any atom is -0.507 e. The molecule has 0 aliphatic heterocycles. The van der Waals surface area contributed by atoms with Gasteiger partial charge in [-0.05, 0) is 19.1 Å². The molecule has 0 saturated heterocycles. The number of phenolic OH excluding ortho intramolecular Hbond substituents is 1. The maximum atomic E-state index is 11.3. The highest BCUT2D eigenvalue weighted by Gasteiger charge is 2.13. The molecule has 0 aliphatic carbocycles. The molecule has 100 valence electrons. The van der Waals surface area contributed by atoms with Gasteiger partial charge in [0, 0.05) is 22.1 Å². The van der Waals surface area contributed by atoms with E-state index < -0.39 is 6.10 Å². The second-order valence-electron chi connectivity index (χ2n) is 3.87. The molecule has 0 spiro atoms. The van der Waals surface area contributed by atoms with E-state index in [-0.39, 0.29) is 23.7 Å². The van der Waals surface area contributed by atoms with Gasteiger partial charge in [0.15, 0.2) is 5.78 Å². The van der Waals surface area contributed by atoms with Crippen molar-refractivity contribution in [2.24, 2.45) is 0 Å². The van der Waals surface area contributed by atoms with Crippen LogP contribution >= 0.6 is 23.4 Å². The summed E-state index contributed by atoms with van der Waals surface area (Å²) >= 11 is 7.22. The molecular weight excluding hydrogens is 276 g/mol. The Labute approximate surface area is 115 Å². The first kappa shape index (κ1) is 15.3. The molecule has 0 fully saturated rings. The molecule has 1 atom stereocenters. The lowest BCUT2D eigenvalue weighted by molar-refractivity contribution is 0.101. The Morgan fingerprint density at radius 1 is 1.50 bits per heavy atom. The Kier molecular flexibility index (Phi) is 5.95. The fourth-order valence-electron chi connectivity index (χ4n) is 1.39. The fourth-order valence-corrected chi connectivity index (χ4v) is 2.57. The average Bonchev–Trinajstić information content (AvgIpc) is 2.32. The van der Waals surface area contributed by atoms with Crippen LogP contribution in [0.2, 0.25) is 5.02 Å². The summed E-state index contributed by atoms with van der Waals surface area (Å²) in [7, 11) is 0. The van der Waals surface area contributed by atoms with Crippen LogP contribution in [0.3, 0.4) is 0 Å². The number of Topliss-reactive ketones (excluding diaryl/α,β-unsaturated/α-hetero) is 1. The smallest absolute Gasteiger partial charge is 0.163 e. The Hall–Kier alpha value is -0.750. The number of aliphatic hydroxyl groups is 2. The molecule has 0 aromatic heterocycles. The van der Waals surface area contributed by atoms with Gasteiger partial charge in [-0.1, -0.05) is 11.6 Å². The van der Waals surface area contributed by atoms with Crippen LogP contribution in [0.4, 0.5) is 0 Å². The number of aromatic hydroxyl groups is 1. The topological polar surface area (TPSA) is 77.8 Å². The van der Waals surface area contributed by atoms with Crippen LogP contribution in [0, 0.1) is 0 Å². The molecule has 0 amide bonds. The van der Waals surface area contributed by atoms with E-state index in [1.807, 2.05) is 0 Å². The summed E-state index contributed by atoms with van der Waals surface area (Å²) < 4.78 is 0. The Morgan fingerprint density at radius 2 is 2.17 bits per heavy atom. The van der Waals surface area contributed by atoms with Crippen LogP contribution in [0.5, 0.6) is 5.75 Å². The zero-order valence-electron chi connectivity index (χ0n) is 9.89. The first-order valence-corrected chi connectivity index (χ1v) is 6.88. The normalized spacial score (nSPS) is 12.4. The van der Waals surface area contributed by atoms with Crippen molar-refractivity contribution in [1.82, 2.24) is 0 Å². The van der Waals surface area contributed by atoms with Crippen LogP contribution < -0.4 is 0 Å². The summed E-state index contributed by atoms with van der Waals surface area (Å²) in [4.78, 5) is 11.3. The van der Waals surface area contributed by atoms with Gasteiger partial charge in [-0.25, -0.2) is 0 Å². The van der Waals surface area contributed by atoms with Crippen molar-refractivity contribution in [3.05, 3.63) is 28.3 Å². The fraction of sp³-hybridized carbons (Fsp3) is 0.417. The second kappa shape index (κ2) is 6.99. The zero-order chi connectivity index (χ0) is 13.7. The van der Waals surface area contributed by atoms with E-state index in [2.05, 4.69) is 0 Å². The molecule has 1 rings (SSSR count). The number of hydrogen-bond donors (Lipinski definition) is 3. The summed E-state index contributed by atoms with van der Waals surface area (Å²) in [5.41, 5.74) is 0.739. The van der Waals surface area contributed by atoms with Gasteiger partial charge >= 0.3 is 0 Å². The monoisotopic (exact) mass is 290 g/mol. The predicted molar refractivity (Wildman–Crippen MR) is 72.4 cm³/mol. The van der Waals surface area contributed by atoms with Crippen molar-refractivity contribution in [3.63, 3.8) is 0 Å². The van der Waals surface area contributed by atoms with E-state index >= 15 is 0 Å². The molecule has 0 radical (unpaired) electrons. The van der Waals surface area contributed by atoms with Crippen molar-refractivity contribution >= 4 is 29.1 Å². The number of phenols is 1. The molecule has 0 bridgehead atoms. The molecule has 3 N–H and O–H groups in total. The molecule has 6 heteroatoms. The van der Waals surface area contributed by atoms with Gasteiger partial charge in [0.2, 0.25) is 0 Å². The summed E-state index contributed by atoms with van der Waals surface area (Å²) in [6, 6.07) is 3.01. The molecule has 1 unspecified atom stereocenters. The third-order valence-electron chi connectivity index (χ3n) is 2.31. The number of carbonyl (C=O) groups excluding carboxylic acids is 1. The van der Waals surface area contributed by atoms with E-state index in [0.29, 0.717) is 22.1 Å². The number of benzene rings is 1. The zero-order valence-corrected chi connectivity index (χ0v) is 11.5. The third-order valence-corrected chi connectivity index (χ3v) is 3.67. The minimum absolute atomic E-state index is 0.0714. The number of rotatable bonds is 6. The van der Waals surface area contributed by atoms with E-state index in [9.17, 15) is 15.0 Å². The van der Waals surface area contributed by atoms with E-state index in [1.54, 1.807) is 6.07 Å². The molecule has 1 aromatic rings. The summed E-state index contributed by atoms with van der Waals surface area (Å²) in [5.74, 6) is 0.427. The van der Waals surface area contributed by atoms with Crippen molar-refractivity contribution in [1.29, 1.82) is 0 Å². The largest absolute Gasteiger partial charge is 0.507 e. The van der Waals surface area contributed by atoms with Crippen molar-refractivity contribution in [3.8, 4) is 5.75 Å². The van der Waals surface area contributed by atoms with Crippen molar-refractivity contribution in [2.75, 3.05) is 12.4 Å². The minimum atomic E-state index is -0.788. The van der Waals surface area contributed by atoms with Crippen LogP contribution in [-0.2, 0) is 5.75 Å². The highest BCUT2D eigenvalue weighted by Crippen LogP contribution is 2.30. The number of ketones is 1. The maximum Gasteiger partial charge on any atom is 0.163 e. The number of halogens is 1. The SMILES string of the molecule is CC(=O)c1cc(Cl)cc(CSCC(O)CO)c1O. The average molecular weight is 291 g/mol. The molecule has 0 aliphatic rings. The standard InChI is InChI=1S/C12H15ClO4S/c1-7(15)11-3-9(13)2-8(12(11)17)5-18-6-10(16)4-14/h2-3,10,14,16-17H,4-6H2,1H3. The van der Waals surface area contributed by atoms with Gasteiger partial charge in [-0.15, -0.1) is 0 Å². The first-order chi connectivity index (χ1) is 8.45. The summed E-state index contributed by atoms with van der Waals surface area (Å²) in [5, 5.41) is 28.1. The van der Waals surface area contributed by atoms with Crippen LogP contribution in [0.15, 0.2) is 12.1 Å². The van der Waals surface area contributed by atoms with Gasteiger partial charge < -0.3 is 15.3 Å².